The fraction of sp³-hybridized carbons (Fsp3) is 0.316. The topological polar surface area (TPSA) is 23.6 Å². The Kier molecular flexibility index (Phi) is 5.02. The molecule has 3 rings (SSSR count). The van der Waals surface area contributed by atoms with Crippen molar-refractivity contribution in [3.63, 3.8) is 0 Å². The molecule has 0 aliphatic carbocycles. The van der Waals surface area contributed by atoms with Gasteiger partial charge in [0.2, 0.25) is 0 Å². The molecule has 1 amide bonds. The van der Waals surface area contributed by atoms with Gasteiger partial charge in [0.05, 0.1) is 10.0 Å². The molecular formula is C19H20Cl2N2O. The number of carbonyl (C=O) groups is 1. The average molecular weight is 363 g/mol. The first-order valence-corrected chi connectivity index (χ1v) is 8.78. The molecule has 0 atom stereocenters. The number of hydrogen-bond acceptors (Lipinski definition) is 2. The molecule has 24 heavy (non-hydrogen) atoms. The van der Waals surface area contributed by atoms with Crippen molar-refractivity contribution in [2.45, 2.75) is 13.8 Å². The lowest BCUT2D eigenvalue weighted by Gasteiger charge is -2.37. The van der Waals surface area contributed by atoms with Crippen molar-refractivity contribution in [3.8, 4) is 0 Å². The van der Waals surface area contributed by atoms with Gasteiger partial charge < -0.3 is 9.80 Å². The molecule has 0 unspecified atom stereocenters. The lowest BCUT2D eigenvalue weighted by Crippen LogP contribution is -2.49. The van der Waals surface area contributed by atoms with Gasteiger partial charge in [0.15, 0.2) is 0 Å². The van der Waals surface area contributed by atoms with Gasteiger partial charge in [-0.3, -0.25) is 4.79 Å². The number of piperazine rings is 1. The minimum atomic E-state index is 0.00819. The standard InChI is InChI=1S/C19H20Cl2N2O/c1-13-3-6-18(14(2)11-13)22-7-9-23(10-8-22)19(24)15-4-5-16(20)17(21)12-15/h3-6,11-12H,7-10H2,1-2H3. The number of benzene rings is 2. The predicted octanol–water partition coefficient (Wildman–Crippen LogP) is 4.57. The summed E-state index contributed by atoms with van der Waals surface area (Å²) in [6.07, 6.45) is 0. The van der Waals surface area contributed by atoms with Crippen molar-refractivity contribution in [2.24, 2.45) is 0 Å². The highest BCUT2D eigenvalue weighted by Gasteiger charge is 2.23. The molecule has 0 bridgehead atoms. The SMILES string of the molecule is Cc1ccc(N2CCN(C(=O)c3ccc(Cl)c(Cl)c3)CC2)c(C)c1. The van der Waals surface area contributed by atoms with Crippen LogP contribution in [-0.2, 0) is 0 Å². The summed E-state index contributed by atoms with van der Waals surface area (Å²) >= 11 is 11.9. The number of rotatable bonds is 2. The van der Waals surface area contributed by atoms with Gasteiger partial charge in [-0.1, -0.05) is 40.9 Å². The highest BCUT2D eigenvalue weighted by molar-refractivity contribution is 6.42. The molecule has 0 radical (unpaired) electrons. The minimum absolute atomic E-state index is 0.00819. The minimum Gasteiger partial charge on any atom is -0.368 e. The molecule has 0 N–H and O–H groups in total. The van der Waals surface area contributed by atoms with Crippen LogP contribution in [0.2, 0.25) is 10.0 Å². The van der Waals surface area contributed by atoms with Crippen molar-refractivity contribution >= 4 is 34.8 Å². The maximum Gasteiger partial charge on any atom is 0.254 e. The van der Waals surface area contributed by atoms with E-state index < -0.39 is 0 Å². The van der Waals surface area contributed by atoms with Gasteiger partial charge >= 0.3 is 0 Å². The van der Waals surface area contributed by atoms with Crippen LogP contribution in [0.3, 0.4) is 0 Å². The normalized spacial score (nSPS) is 14.8. The lowest BCUT2D eigenvalue weighted by molar-refractivity contribution is 0.0747. The van der Waals surface area contributed by atoms with E-state index in [2.05, 4.69) is 36.9 Å². The smallest absolute Gasteiger partial charge is 0.254 e. The molecular weight excluding hydrogens is 343 g/mol. The van der Waals surface area contributed by atoms with Crippen LogP contribution in [0.15, 0.2) is 36.4 Å². The van der Waals surface area contributed by atoms with Gasteiger partial charge in [0.1, 0.15) is 0 Å². The van der Waals surface area contributed by atoms with Crippen molar-refractivity contribution in [3.05, 3.63) is 63.1 Å². The molecule has 1 aliphatic heterocycles. The van der Waals surface area contributed by atoms with Crippen LogP contribution >= 0.6 is 23.2 Å². The summed E-state index contributed by atoms with van der Waals surface area (Å²) in [6.45, 7) is 7.30. The van der Waals surface area contributed by atoms with Crippen molar-refractivity contribution in [1.29, 1.82) is 0 Å². The quantitative estimate of drug-likeness (QED) is 0.780. The Hall–Kier alpha value is -1.71. The van der Waals surface area contributed by atoms with Crippen LogP contribution in [0.25, 0.3) is 0 Å². The molecule has 0 spiro atoms. The number of carbonyl (C=O) groups excluding carboxylic acids is 1. The first kappa shape index (κ1) is 17.1. The van der Waals surface area contributed by atoms with E-state index in [0.29, 0.717) is 28.7 Å². The predicted molar refractivity (Wildman–Crippen MR) is 100 cm³/mol. The third-order valence-electron chi connectivity index (χ3n) is 4.43. The molecule has 126 valence electrons. The zero-order valence-electron chi connectivity index (χ0n) is 13.9. The molecule has 3 nitrogen and oxygen atoms in total. The Bertz CT molecular complexity index is 768. The number of hydrogen-bond donors (Lipinski definition) is 0. The summed E-state index contributed by atoms with van der Waals surface area (Å²) < 4.78 is 0. The third-order valence-corrected chi connectivity index (χ3v) is 5.17. The van der Waals surface area contributed by atoms with E-state index in [1.807, 2.05) is 4.90 Å². The molecule has 1 fully saturated rings. The van der Waals surface area contributed by atoms with Crippen LogP contribution in [0.1, 0.15) is 21.5 Å². The highest BCUT2D eigenvalue weighted by Crippen LogP contribution is 2.25. The second-order valence-corrected chi connectivity index (χ2v) is 7.01. The van der Waals surface area contributed by atoms with Crippen molar-refractivity contribution in [1.82, 2.24) is 4.90 Å². The van der Waals surface area contributed by atoms with E-state index in [4.69, 9.17) is 23.2 Å². The number of halogens is 2. The zero-order valence-corrected chi connectivity index (χ0v) is 15.4. The van der Waals surface area contributed by atoms with Crippen molar-refractivity contribution < 1.29 is 4.79 Å². The molecule has 5 heteroatoms. The van der Waals surface area contributed by atoms with Gasteiger partial charge in [0.25, 0.3) is 5.91 Å². The molecule has 0 saturated carbocycles. The van der Waals surface area contributed by atoms with Gasteiger partial charge in [-0.25, -0.2) is 0 Å². The third kappa shape index (κ3) is 3.52. The maximum absolute atomic E-state index is 12.6. The molecule has 0 aromatic heterocycles. The van der Waals surface area contributed by atoms with E-state index in [1.54, 1.807) is 18.2 Å². The van der Waals surface area contributed by atoms with Crippen LogP contribution in [-0.4, -0.2) is 37.0 Å². The zero-order chi connectivity index (χ0) is 17.3. The summed E-state index contributed by atoms with van der Waals surface area (Å²) in [4.78, 5) is 16.8. The van der Waals surface area contributed by atoms with Gasteiger partial charge in [0, 0.05) is 37.4 Å². The average Bonchev–Trinajstić information content (AvgIpc) is 2.57. The molecule has 2 aromatic rings. The Morgan fingerprint density at radius 1 is 0.917 bits per heavy atom. The Labute approximate surface area is 152 Å². The number of nitrogens with zero attached hydrogens (tertiary/aromatic N) is 2. The molecule has 1 aliphatic rings. The van der Waals surface area contributed by atoms with E-state index in [1.165, 1.54) is 16.8 Å². The lowest BCUT2D eigenvalue weighted by atomic mass is 10.1. The van der Waals surface area contributed by atoms with E-state index in [0.717, 1.165) is 13.1 Å². The molecule has 2 aromatic carbocycles. The highest BCUT2D eigenvalue weighted by atomic mass is 35.5. The number of aryl methyl sites for hydroxylation is 2. The first-order chi connectivity index (χ1) is 11.5. The summed E-state index contributed by atoms with van der Waals surface area (Å²) in [7, 11) is 0. The van der Waals surface area contributed by atoms with Crippen LogP contribution in [0.4, 0.5) is 5.69 Å². The summed E-state index contributed by atoms with van der Waals surface area (Å²) in [5.41, 5.74) is 4.38. The van der Waals surface area contributed by atoms with Crippen LogP contribution in [0, 0.1) is 13.8 Å². The Morgan fingerprint density at radius 3 is 2.25 bits per heavy atom. The maximum atomic E-state index is 12.6. The number of anilines is 1. The summed E-state index contributed by atoms with van der Waals surface area (Å²) in [5, 5.41) is 0.879. The second kappa shape index (κ2) is 7.04. The fourth-order valence-corrected chi connectivity index (χ4v) is 3.42. The fourth-order valence-electron chi connectivity index (χ4n) is 3.12. The Morgan fingerprint density at radius 2 is 1.62 bits per heavy atom. The van der Waals surface area contributed by atoms with E-state index in [9.17, 15) is 4.79 Å². The van der Waals surface area contributed by atoms with E-state index >= 15 is 0 Å². The Balaban J connectivity index is 1.68. The monoisotopic (exact) mass is 362 g/mol. The number of amides is 1. The van der Waals surface area contributed by atoms with Gasteiger partial charge in [-0.15, -0.1) is 0 Å². The van der Waals surface area contributed by atoms with Crippen LogP contribution in [0.5, 0.6) is 0 Å². The second-order valence-electron chi connectivity index (χ2n) is 6.20. The van der Waals surface area contributed by atoms with Crippen LogP contribution < -0.4 is 4.90 Å². The first-order valence-electron chi connectivity index (χ1n) is 8.02. The van der Waals surface area contributed by atoms with E-state index in [-0.39, 0.29) is 5.91 Å². The van der Waals surface area contributed by atoms with Gasteiger partial charge in [-0.05, 0) is 43.7 Å². The summed E-state index contributed by atoms with van der Waals surface area (Å²) in [5.74, 6) is 0.00819. The van der Waals surface area contributed by atoms with Gasteiger partial charge in [-0.2, -0.15) is 0 Å². The molecule has 1 heterocycles. The van der Waals surface area contributed by atoms with Crippen molar-refractivity contribution in [2.75, 3.05) is 31.1 Å². The largest absolute Gasteiger partial charge is 0.368 e. The summed E-state index contributed by atoms with van der Waals surface area (Å²) in [6, 6.07) is 11.5. The molecule has 1 saturated heterocycles.